The molecule has 0 aliphatic carbocycles. The molecule has 92 valence electrons. The molecule has 0 amide bonds. The Morgan fingerprint density at radius 3 is 2.76 bits per heavy atom. The largest absolute Gasteiger partial charge is 0.465 e. The normalized spacial score (nSPS) is 12.0. The molecule has 0 bridgehead atoms. The van der Waals surface area contributed by atoms with Crippen molar-refractivity contribution in [2.24, 2.45) is 0 Å². The number of aryl methyl sites for hydroxylation is 1. The molecule has 17 heavy (non-hydrogen) atoms. The van der Waals surface area contributed by atoms with Gasteiger partial charge in [0.1, 0.15) is 10.4 Å². The highest BCUT2D eigenvalue weighted by molar-refractivity contribution is 7.16. The summed E-state index contributed by atoms with van der Waals surface area (Å²) in [6, 6.07) is 0. The molecule has 7 heteroatoms. The standard InChI is InChI=1S/C10H14N4O2S/c1-5-16-8(15)10(3,4)7-13-14-6(2)11-12-9(14)17-7/h5H2,1-4H3. The van der Waals surface area contributed by atoms with E-state index in [0.717, 1.165) is 0 Å². The second-order valence-electron chi connectivity index (χ2n) is 4.19. The fourth-order valence-electron chi connectivity index (χ4n) is 1.37. The van der Waals surface area contributed by atoms with Crippen LogP contribution in [0.3, 0.4) is 0 Å². The molecule has 0 atom stereocenters. The molecule has 2 aromatic rings. The minimum atomic E-state index is -0.756. The smallest absolute Gasteiger partial charge is 0.318 e. The Labute approximate surface area is 103 Å². The lowest BCUT2D eigenvalue weighted by Gasteiger charge is -2.18. The van der Waals surface area contributed by atoms with E-state index >= 15 is 0 Å². The molecule has 0 aliphatic heterocycles. The van der Waals surface area contributed by atoms with Gasteiger partial charge < -0.3 is 4.74 Å². The average Bonchev–Trinajstić information content (AvgIpc) is 2.82. The molecule has 0 spiro atoms. The Balaban J connectivity index is 2.41. The van der Waals surface area contributed by atoms with Crippen LogP contribution in [0.5, 0.6) is 0 Å². The summed E-state index contributed by atoms with van der Waals surface area (Å²) in [4.78, 5) is 12.5. The van der Waals surface area contributed by atoms with E-state index in [0.29, 0.717) is 22.4 Å². The predicted molar refractivity (Wildman–Crippen MR) is 63.1 cm³/mol. The van der Waals surface area contributed by atoms with Gasteiger partial charge in [0, 0.05) is 0 Å². The Morgan fingerprint density at radius 2 is 2.18 bits per heavy atom. The van der Waals surface area contributed by atoms with Crippen LogP contribution in [0.2, 0.25) is 0 Å². The van der Waals surface area contributed by atoms with Gasteiger partial charge in [0.2, 0.25) is 4.96 Å². The molecule has 0 aromatic carbocycles. The monoisotopic (exact) mass is 254 g/mol. The van der Waals surface area contributed by atoms with Crippen molar-refractivity contribution in [1.82, 2.24) is 19.8 Å². The summed E-state index contributed by atoms with van der Waals surface area (Å²) in [5.74, 6) is 0.435. The zero-order valence-electron chi connectivity index (χ0n) is 10.2. The molecule has 2 heterocycles. The topological polar surface area (TPSA) is 69.4 Å². The van der Waals surface area contributed by atoms with Crippen LogP contribution in [-0.2, 0) is 14.9 Å². The van der Waals surface area contributed by atoms with Crippen LogP contribution >= 0.6 is 11.3 Å². The number of nitrogens with zero attached hydrogens (tertiary/aromatic N) is 4. The zero-order valence-corrected chi connectivity index (χ0v) is 11.0. The third kappa shape index (κ3) is 1.90. The molecular weight excluding hydrogens is 240 g/mol. The molecule has 0 aliphatic rings. The molecular formula is C10H14N4O2S. The van der Waals surface area contributed by atoms with E-state index in [4.69, 9.17) is 4.74 Å². The van der Waals surface area contributed by atoms with Gasteiger partial charge in [-0.15, -0.1) is 10.2 Å². The van der Waals surface area contributed by atoms with E-state index < -0.39 is 5.41 Å². The average molecular weight is 254 g/mol. The zero-order chi connectivity index (χ0) is 12.6. The first-order valence-electron chi connectivity index (χ1n) is 5.33. The molecule has 0 saturated carbocycles. The summed E-state index contributed by atoms with van der Waals surface area (Å²) in [7, 11) is 0. The maximum absolute atomic E-state index is 11.8. The van der Waals surface area contributed by atoms with E-state index in [1.807, 2.05) is 6.92 Å². The number of hydrogen-bond donors (Lipinski definition) is 0. The van der Waals surface area contributed by atoms with Gasteiger partial charge in [-0.2, -0.15) is 9.61 Å². The second kappa shape index (κ2) is 4.06. The van der Waals surface area contributed by atoms with Crippen LogP contribution in [0.25, 0.3) is 4.96 Å². The number of rotatable bonds is 3. The Hall–Kier alpha value is -1.50. The third-order valence-electron chi connectivity index (χ3n) is 2.47. The number of aromatic nitrogens is 4. The Bertz CT molecular complexity index is 558. The summed E-state index contributed by atoms with van der Waals surface area (Å²) >= 11 is 1.36. The SMILES string of the molecule is CCOC(=O)C(C)(C)c1nn2c(C)nnc2s1. The van der Waals surface area contributed by atoms with Crippen molar-refractivity contribution < 1.29 is 9.53 Å². The highest BCUT2D eigenvalue weighted by Crippen LogP contribution is 2.28. The minimum absolute atomic E-state index is 0.275. The lowest BCUT2D eigenvalue weighted by Crippen LogP contribution is -2.31. The molecule has 0 N–H and O–H groups in total. The van der Waals surface area contributed by atoms with Gasteiger partial charge in [0.15, 0.2) is 5.82 Å². The maximum Gasteiger partial charge on any atom is 0.318 e. The van der Waals surface area contributed by atoms with E-state index in [1.165, 1.54) is 11.3 Å². The lowest BCUT2D eigenvalue weighted by atomic mass is 9.95. The maximum atomic E-state index is 11.8. The van der Waals surface area contributed by atoms with Gasteiger partial charge in [0.25, 0.3) is 0 Å². The molecule has 0 saturated heterocycles. The van der Waals surface area contributed by atoms with Gasteiger partial charge in [0.05, 0.1) is 6.61 Å². The van der Waals surface area contributed by atoms with Crippen molar-refractivity contribution in [3.63, 3.8) is 0 Å². The van der Waals surface area contributed by atoms with Gasteiger partial charge in [-0.3, -0.25) is 4.79 Å². The Kier molecular flexibility index (Phi) is 2.86. The van der Waals surface area contributed by atoms with Crippen LogP contribution in [-0.4, -0.2) is 32.4 Å². The molecule has 2 rings (SSSR count). The third-order valence-corrected chi connectivity index (χ3v) is 3.69. The first-order chi connectivity index (χ1) is 7.96. The summed E-state index contributed by atoms with van der Waals surface area (Å²) in [5.41, 5.74) is -0.756. The predicted octanol–water partition coefficient (Wildman–Crippen LogP) is 1.33. The first kappa shape index (κ1) is 12.0. The molecule has 0 fully saturated rings. The molecule has 2 aromatic heterocycles. The van der Waals surface area contributed by atoms with Gasteiger partial charge in [-0.1, -0.05) is 11.3 Å². The highest BCUT2D eigenvalue weighted by atomic mass is 32.1. The van der Waals surface area contributed by atoms with Crippen molar-refractivity contribution in [3.8, 4) is 0 Å². The summed E-state index contributed by atoms with van der Waals surface area (Å²) in [5, 5.41) is 12.9. The van der Waals surface area contributed by atoms with Crippen LogP contribution in [0.1, 0.15) is 31.6 Å². The van der Waals surface area contributed by atoms with E-state index in [9.17, 15) is 4.79 Å². The van der Waals surface area contributed by atoms with E-state index in [-0.39, 0.29) is 5.97 Å². The van der Waals surface area contributed by atoms with Crippen molar-refractivity contribution in [2.75, 3.05) is 6.61 Å². The van der Waals surface area contributed by atoms with Gasteiger partial charge in [-0.05, 0) is 27.7 Å². The van der Waals surface area contributed by atoms with E-state index in [2.05, 4.69) is 15.3 Å². The van der Waals surface area contributed by atoms with Crippen LogP contribution in [0.15, 0.2) is 0 Å². The van der Waals surface area contributed by atoms with Crippen molar-refractivity contribution in [3.05, 3.63) is 10.8 Å². The van der Waals surface area contributed by atoms with Crippen molar-refractivity contribution in [1.29, 1.82) is 0 Å². The van der Waals surface area contributed by atoms with Gasteiger partial charge >= 0.3 is 5.97 Å². The number of fused-ring (bicyclic) bond motifs is 1. The number of carbonyl (C=O) groups is 1. The van der Waals surface area contributed by atoms with Gasteiger partial charge in [-0.25, -0.2) is 0 Å². The quantitative estimate of drug-likeness (QED) is 0.773. The van der Waals surface area contributed by atoms with Crippen LogP contribution in [0, 0.1) is 6.92 Å². The van der Waals surface area contributed by atoms with Crippen LogP contribution in [0.4, 0.5) is 0 Å². The number of esters is 1. The number of hydrogen-bond acceptors (Lipinski definition) is 6. The fraction of sp³-hybridized carbons (Fsp3) is 0.600. The van der Waals surface area contributed by atoms with Crippen molar-refractivity contribution >= 4 is 22.3 Å². The molecule has 6 nitrogen and oxygen atoms in total. The summed E-state index contributed by atoms with van der Waals surface area (Å²) in [6.45, 7) is 7.57. The second-order valence-corrected chi connectivity index (χ2v) is 5.15. The van der Waals surface area contributed by atoms with E-state index in [1.54, 1.807) is 25.3 Å². The molecule has 0 radical (unpaired) electrons. The summed E-state index contributed by atoms with van der Waals surface area (Å²) < 4.78 is 6.69. The molecule has 0 unspecified atom stereocenters. The summed E-state index contributed by atoms with van der Waals surface area (Å²) in [6.07, 6.45) is 0. The lowest BCUT2D eigenvalue weighted by molar-refractivity contribution is -0.148. The number of ether oxygens (including phenoxy) is 1. The fourth-order valence-corrected chi connectivity index (χ4v) is 2.34. The first-order valence-corrected chi connectivity index (χ1v) is 6.15. The Morgan fingerprint density at radius 1 is 1.47 bits per heavy atom. The van der Waals surface area contributed by atoms with Crippen LogP contribution < -0.4 is 0 Å². The highest BCUT2D eigenvalue weighted by Gasteiger charge is 2.35. The van der Waals surface area contributed by atoms with Crippen molar-refractivity contribution in [2.45, 2.75) is 33.1 Å². The minimum Gasteiger partial charge on any atom is -0.465 e. The number of carbonyl (C=O) groups excluding carboxylic acids is 1.